The van der Waals surface area contributed by atoms with E-state index >= 15 is 0 Å². The predicted octanol–water partition coefficient (Wildman–Crippen LogP) is 4.55. The first-order valence-electron chi connectivity index (χ1n) is 14.0. The Morgan fingerprint density at radius 1 is 0.784 bits per heavy atom. The summed E-state index contributed by atoms with van der Waals surface area (Å²) in [5.41, 5.74) is 2.23. The van der Waals surface area contributed by atoms with E-state index in [2.05, 4.69) is 10.6 Å². The molecule has 0 atom stereocenters. The second-order valence-corrected chi connectivity index (χ2v) is 12.0. The molecule has 7 rings (SSSR count). The molecule has 5 fully saturated rings. The minimum atomic E-state index is -0.128. The minimum Gasteiger partial charge on any atom is -0.352 e. The summed E-state index contributed by atoms with van der Waals surface area (Å²) in [5, 5.41) is 6.33. The first-order valence-corrected chi connectivity index (χ1v) is 14.0. The highest BCUT2D eigenvalue weighted by molar-refractivity contribution is 5.95. The number of nitrogens with zero attached hydrogens (tertiary/aromatic N) is 1. The summed E-state index contributed by atoms with van der Waals surface area (Å²) in [6.45, 7) is 1.77. The molecule has 2 aromatic carbocycles. The molecule has 4 saturated carbocycles. The van der Waals surface area contributed by atoms with E-state index in [1.54, 1.807) is 0 Å². The molecule has 4 bridgehead atoms. The molecule has 2 aromatic rings. The Labute approximate surface area is 219 Å². The summed E-state index contributed by atoms with van der Waals surface area (Å²) in [7, 11) is 0. The van der Waals surface area contributed by atoms with Crippen molar-refractivity contribution in [1.29, 1.82) is 0 Å². The molecule has 1 aliphatic heterocycles. The van der Waals surface area contributed by atoms with E-state index in [1.165, 1.54) is 19.3 Å². The zero-order valence-electron chi connectivity index (χ0n) is 21.5. The molecule has 1 heterocycles. The van der Waals surface area contributed by atoms with Gasteiger partial charge >= 0.3 is 0 Å². The topological polar surface area (TPSA) is 78.5 Å². The van der Waals surface area contributed by atoms with Gasteiger partial charge in [-0.1, -0.05) is 30.3 Å². The van der Waals surface area contributed by atoms with Crippen LogP contribution in [-0.2, 0) is 11.3 Å². The van der Waals surface area contributed by atoms with Crippen LogP contribution < -0.4 is 10.6 Å². The summed E-state index contributed by atoms with van der Waals surface area (Å²) in [4.78, 5) is 40.6. The summed E-state index contributed by atoms with van der Waals surface area (Å²) in [5.74, 6) is 2.48. The van der Waals surface area contributed by atoms with E-state index in [9.17, 15) is 14.4 Å². The van der Waals surface area contributed by atoms with E-state index in [-0.39, 0.29) is 29.2 Å². The van der Waals surface area contributed by atoms with Crippen molar-refractivity contribution in [3.05, 3.63) is 71.3 Å². The number of carbonyl (C=O) groups excluding carboxylic acids is 3. The van der Waals surface area contributed by atoms with Crippen LogP contribution in [0.15, 0.2) is 54.6 Å². The van der Waals surface area contributed by atoms with Crippen molar-refractivity contribution in [1.82, 2.24) is 15.5 Å². The van der Waals surface area contributed by atoms with Crippen molar-refractivity contribution >= 4 is 17.7 Å². The Balaban J connectivity index is 0.982. The van der Waals surface area contributed by atoms with Gasteiger partial charge in [-0.05, 0) is 98.9 Å². The monoisotopic (exact) mass is 499 g/mol. The Kier molecular flexibility index (Phi) is 6.51. The largest absolute Gasteiger partial charge is 0.352 e. The van der Waals surface area contributed by atoms with Crippen LogP contribution in [0.3, 0.4) is 0 Å². The second-order valence-electron chi connectivity index (χ2n) is 12.0. The SMILES string of the molecule is O=C(NC1CCN(C(=O)c2ccc(CNC(=O)C34CC5CC(CC(C5)C3)C4)cc2)CC1)c1ccccc1. The lowest BCUT2D eigenvalue weighted by molar-refractivity contribution is -0.146. The maximum atomic E-state index is 13.2. The second kappa shape index (κ2) is 9.96. The van der Waals surface area contributed by atoms with Gasteiger partial charge in [0.05, 0.1) is 0 Å². The third kappa shape index (κ3) is 5.03. The summed E-state index contributed by atoms with van der Waals surface area (Å²) >= 11 is 0. The molecule has 2 N–H and O–H groups in total. The van der Waals surface area contributed by atoms with Gasteiger partial charge in [-0.3, -0.25) is 14.4 Å². The van der Waals surface area contributed by atoms with Gasteiger partial charge in [-0.25, -0.2) is 0 Å². The van der Waals surface area contributed by atoms with Gasteiger partial charge in [-0.15, -0.1) is 0 Å². The van der Waals surface area contributed by atoms with Crippen LogP contribution in [0.25, 0.3) is 0 Å². The number of piperidine rings is 1. The quantitative estimate of drug-likeness (QED) is 0.612. The molecule has 0 aromatic heterocycles. The van der Waals surface area contributed by atoms with Gasteiger partial charge in [0.2, 0.25) is 5.91 Å². The van der Waals surface area contributed by atoms with Gasteiger partial charge in [0.15, 0.2) is 0 Å². The standard InChI is InChI=1S/C31H37N3O3/c35-28(25-4-2-1-3-5-25)33-27-10-12-34(13-11-27)29(36)26-8-6-21(7-9-26)20-32-30(37)31-17-22-14-23(18-31)16-24(15-22)19-31/h1-9,22-24,27H,10-20H2,(H,32,37)(H,33,35). The van der Waals surface area contributed by atoms with Crippen LogP contribution in [0, 0.1) is 23.2 Å². The molecule has 6 nitrogen and oxygen atoms in total. The van der Waals surface area contributed by atoms with Crippen molar-refractivity contribution in [2.24, 2.45) is 23.2 Å². The van der Waals surface area contributed by atoms with E-state index in [0.717, 1.165) is 55.4 Å². The highest BCUT2D eigenvalue weighted by Gasteiger charge is 2.54. The van der Waals surface area contributed by atoms with Crippen LogP contribution in [0.5, 0.6) is 0 Å². The van der Waals surface area contributed by atoms with Gasteiger partial charge in [-0.2, -0.15) is 0 Å². The van der Waals surface area contributed by atoms with Crippen molar-refractivity contribution < 1.29 is 14.4 Å². The number of nitrogens with one attached hydrogen (secondary N) is 2. The van der Waals surface area contributed by atoms with E-state index in [4.69, 9.17) is 0 Å². The molecule has 6 heteroatoms. The molecule has 3 amide bonds. The third-order valence-electron chi connectivity index (χ3n) is 9.33. The fraction of sp³-hybridized carbons (Fsp3) is 0.516. The molecule has 5 aliphatic rings. The molecule has 1 saturated heterocycles. The van der Waals surface area contributed by atoms with E-state index < -0.39 is 0 Å². The number of benzene rings is 2. The lowest BCUT2D eigenvalue weighted by Crippen LogP contribution is -2.53. The summed E-state index contributed by atoms with van der Waals surface area (Å²) in [6, 6.07) is 17.0. The average Bonchev–Trinajstić information content (AvgIpc) is 2.92. The fourth-order valence-corrected chi connectivity index (χ4v) is 7.79. The molecule has 194 valence electrons. The Morgan fingerprint density at radius 3 is 1.97 bits per heavy atom. The maximum absolute atomic E-state index is 13.2. The average molecular weight is 500 g/mol. The molecule has 37 heavy (non-hydrogen) atoms. The lowest BCUT2D eigenvalue weighted by atomic mass is 9.49. The van der Waals surface area contributed by atoms with Gasteiger partial charge < -0.3 is 15.5 Å². The van der Waals surface area contributed by atoms with Crippen LogP contribution >= 0.6 is 0 Å². The molecular weight excluding hydrogens is 462 g/mol. The van der Waals surface area contributed by atoms with E-state index in [0.29, 0.717) is 30.8 Å². The first-order chi connectivity index (χ1) is 18.0. The Morgan fingerprint density at radius 2 is 1.38 bits per heavy atom. The first kappa shape index (κ1) is 24.2. The molecule has 0 unspecified atom stereocenters. The van der Waals surface area contributed by atoms with Crippen molar-refractivity contribution in [2.75, 3.05) is 13.1 Å². The van der Waals surface area contributed by atoms with Crippen LogP contribution in [-0.4, -0.2) is 41.8 Å². The Hall–Kier alpha value is -3.15. The zero-order valence-corrected chi connectivity index (χ0v) is 21.5. The van der Waals surface area contributed by atoms with Gasteiger partial charge in [0.1, 0.15) is 0 Å². The minimum absolute atomic E-state index is 0.0250. The zero-order chi connectivity index (χ0) is 25.4. The summed E-state index contributed by atoms with van der Waals surface area (Å²) in [6.07, 6.45) is 8.73. The number of hydrogen-bond donors (Lipinski definition) is 2. The summed E-state index contributed by atoms with van der Waals surface area (Å²) < 4.78 is 0. The lowest BCUT2D eigenvalue weighted by Gasteiger charge is -2.55. The van der Waals surface area contributed by atoms with Crippen LogP contribution in [0.4, 0.5) is 0 Å². The predicted molar refractivity (Wildman–Crippen MR) is 142 cm³/mol. The molecule has 4 aliphatic carbocycles. The highest BCUT2D eigenvalue weighted by atomic mass is 16.2. The number of amides is 3. The fourth-order valence-electron chi connectivity index (χ4n) is 7.79. The number of likely N-dealkylation sites (tertiary alicyclic amines) is 1. The molecule has 0 spiro atoms. The normalized spacial score (nSPS) is 28.6. The van der Waals surface area contributed by atoms with Crippen molar-refractivity contribution in [2.45, 2.75) is 64.0 Å². The number of carbonyl (C=O) groups is 3. The van der Waals surface area contributed by atoms with E-state index in [1.807, 2.05) is 59.5 Å². The number of rotatable bonds is 6. The number of hydrogen-bond acceptors (Lipinski definition) is 3. The van der Waals surface area contributed by atoms with Gasteiger partial charge in [0, 0.05) is 42.2 Å². The van der Waals surface area contributed by atoms with Crippen molar-refractivity contribution in [3.8, 4) is 0 Å². The maximum Gasteiger partial charge on any atom is 0.253 e. The molecule has 0 radical (unpaired) electrons. The van der Waals surface area contributed by atoms with Crippen LogP contribution in [0.1, 0.15) is 77.6 Å². The van der Waals surface area contributed by atoms with Gasteiger partial charge in [0.25, 0.3) is 11.8 Å². The molecular formula is C31H37N3O3. The Bertz CT molecular complexity index is 1120. The highest BCUT2D eigenvalue weighted by Crippen LogP contribution is 2.60. The van der Waals surface area contributed by atoms with Crippen LogP contribution in [0.2, 0.25) is 0 Å². The smallest absolute Gasteiger partial charge is 0.253 e. The third-order valence-corrected chi connectivity index (χ3v) is 9.33. The van der Waals surface area contributed by atoms with Crippen molar-refractivity contribution in [3.63, 3.8) is 0 Å².